The number of nitrogens with two attached hydrogens (primary N) is 1. The Bertz CT molecular complexity index is 534. The number of fused-ring (bicyclic) bond motifs is 1. The summed E-state index contributed by atoms with van der Waals surface area (Å²) in [6.45, 7) is 0.835. The van der Waals surface area contributed by atoms with E-state index in [1.54, 1.807) is 6.20 Å². The number of anilines is 1. The Hall–Kier alpha value is -2.10. The fourth-order valence-corrected chi connectivity index (χ4v) is 1.90. The number of nitrogens with zero attached hydrogens (tertiary/aromatic N) is 1. The molecule has 18 heavy (non-hydrogen) atoms. The molecule has 0 unspecified atom stereocenters. The van der Waals surface area contributed by atoms with Gasteiger partial charge in [0.05, 0.1) is 5.52 Å². The molecule has 94 valence electrons. The zero-order valence-corrected chi connectivity index (χ0v) is 10.2. The van der Waals surface area contributed by atoms with Crippen LogP contribution in [0, 0.1) is 0 Å². The number of hydrogen-bond acceptors (Lipinski definition) is 3. The first-order valence-electron chi connectivity index (χ1n) is 6.13. The molecule has 1 heterocycles. The summed E-state index contributed by atoms with van der Waals surface area (Å²) < 4.78 is 0. The molecule has 4 heteroatoms. The van der Waals surface area contributed by atoms with Gasteiger partial charge < -0.3 is 11.1 Å². The van der Waals surface area contributed by atoms with Crippen LogP contribution in [0.25, 0.3) is 10.9 Å². The van der Waals surface area contributed by atoms with Crippen LogP contribution in [-0.2, 0) is 4.79 Å². The van der Waals surface area contributed by atoms with Crippen molar-refractivity contribution < 1.29 is 4.79 Å². The number of aromatic nitrogens is 1. The van der Waals surface area contributed by atoms with Gasteiger partial charge in [-0.05, 0) is 25.0 Å². The first-order valence-corrected chi connectivity index (χ1v) is 6.13. The van der Waals surface area contributed by atoms with E-state index in [9.17, 15) is 4.79 Å². The summed E-state index contributed by atoms with van der Waals surface area (Å²) >= 11 is 0. The number of unbranched alkanes of at least 4 members (excludes halogenated alkanes) is 1. The molecule has 0 spiro atoms. The van der Waals surface area contributed by atoms with E-state index in [2.05, 4.69) is 10.3 Å². The minimum Gasteiger partial charge on any atom is -0.384 e. The molecule has 0 saturated carbocycles. The molecule has 0 saturated heterocycles. The van der Waals surface area contributed by atoms with Gasteiger partial charge >= 0.3 is 0 Å². The van der Waals surface area contributed by atoms with Crippen LogP contribution in [0.5, 0.6) is 0 Å². The second-order valence-electron chi connectivity index (χ2n) is 4.23. The smallest absolute Gasteiger partial charge is 0.217 e. The number of hydrogen-bond donors (Lipinski definition) is 2. The lowest BCUT2D eigenvalue weighted by molar-refractivity contribution is -0.118. The summed E-state index contributed by atoms with van der Waals surface area (Å²) in [5, 5.41) is 4.49. The molecule has 0 aliphatic heterocycles. The molecule has 0 radical (unpaired) electrons. The van der Waals surface area contributed by atoms with Crippen molar-refractivity contribution in [1.29, 1.82) is 0 Å². The lowest BCUT2D eigenvalue weighted by atomic mass is 10.2. The molecule has 0 aliphatic rings. The van der Waals surface area contributed by atoms with Gasteiger partial charge in [0.2, 0.25) is 5.91 Å². The van der Waals surface area contributed by atoms with Gasteiger partial charge in [0.1, 0.15) is 0 Å². The molecule has 0 bridgehead atoms. The maximum atomic E-state index is 10.6. The quantitative estimate of drug-likeness (QED) is 0.765. The molecule has 0 aliphatic carbocycles. The van der Waals surface area contributed by atoms with Crippen molar-refractivity contribution in [2.24, 2.45) is 5.73 Å². The van der Waals surface area contributed by atoms with Crippen molar-refractivity contribution in [3.8, 4) is 0 Å². The topological polar surface area (TPSA) is 68.0 Å². The Morgan fingerprint density at radius 1 is 1.22 bits per heavy atom. The van der Waals surface area contributed by atoms with Gasteiger partial charge in [-0.1, -0.05) is 18.2 Å². The van der Waals surface area contributed by atoms with Crippen LogP contribution < -0.4 is 11.1 Å². The van der Waals surface area contributed by atoms with E-state index >= 15 is 0 Å². The van der Waals surface area contributed by atoms with Gasteiger partial charge in [0.25, 0.3) is 0 Å². The predicted octanol–water partition coefficient (Wildman–Crippen LogP) is 2.30. The predicted molar refractivity (Wildman–Crippen MR) is 73.3 cm³/mol. The lowest BCUT2D eigenvalue weighted by Crippen LogP contribution is -2.11. The van der Waals surface area contributed by atoms with E-state index in [1.807, 2.05) is 30.3 Å². The van der Waals surface area contributed by atoms with E-state index < -0.39 is 0 Å². The maximum absolute atomic E-state index is 10.6. The standard InChI is InChI=1S/C14H17N3O/c15-14(18)7-3-4-9-16-13-8-10-17-12-6-2-1-5-11(12)13/h1-2,5-6,8,10H,3-4,7,9H2,(H2,15,18)(H,16,17). The summed E-state index contributed by atoms with van der Waals surface area (Å²) in [4.78, 5) is 14.9. The second-order valence-corrected chi connectivity index (χ2v) is 4.23. The molecule has 1 aromatic carbocycles. The third kappa shape index (κ3) is 3.20. The Morgan fingerprint density at radius 2 is 2.06 bits per heavy atom. The Labute approximate surface area is 106 Å². The first-order chi connectivity index (χ1) is 8.77. The van der Waals surface area contributed by atoms with Crippen LogP contribution in [0.3, 0.4) is 0 Å². The van der Waals surface area contributed by atoms with E-state index in [4.69, 9.17) is 5.73 Å². The second kappa shape index (κ2) is 6.00. The highest BCUT2D eigenvalue weighted by Gasteiger charge is 2.00. The normalized spacial score (nSPS) is 10.4. The number of rotatable bonds is 6. The third-order valence-electron chi connectivity index (χ3n) is 2.81. The van der Waals surface area contributed by atoms with Crippen LogP contribution in [0.2, 0.25) is 0 Å². The number of carbonyl (C=O) groups is 1. The molecule has 0 fully saturated rings. The zero-order valence-electron chi connectivity index (χ0n) is 10.2. The van der Waals surface area contributed by atoms with Crippen molar-refractivity contribution in [2.45, 2.75) is 19.3 Å². The maximum Gasteiger partial charge on any atom is 0.217 e. The number of pyridine rings is 1. The highest BCUT2D eigenvalue weighted by Crippen LogP contribution is 2.20. The van der Waals surface area contributed by atoms with Crippen molar-refractivity contribution >= 4 is 22.5 Å². The number of amides is 1. The Kier molecular flexibility index (Phi) is 4.12. The van der Waals surface area contributed by atoms with Crippen molar-refractivity contribution in [3.63, 3.8) is 0 Å². The molecular weight excluding hydrogens is 226 g/mol. The molecule has 2 aromatic rings. The van der Waals surface area contributed by atoms with E-state index in [1.165, 1.54) is 0 Å². The average Bonchev–Trinajstić information content (AvgIpc) is 2.38. The number of nitrogens with one attached hydrogen (secondary N) is 1. The lowest BCUT2D eigenvalue weighted by Gasteiger charge is -2.08. The SMILES string of the molecule is NC(=O)CCCCNc1ccnc2ccccc12. The molecular formula is C14H17N3O. The number of para-hydroxylation sites is 1. The van der Waals surface area contributed by atoms with Crippen molar-refractivity contribution in [3.05, 3.63) is 36.5 Å². The van der Waals surface area contributed by atoms with Crippen LogP contribution in [0.15, 0.2) is 36.5 Å². The summed E-state index contributed by atoms with van der Waals surface area (Å²) in [5.41, 5.74) is 7.16. The molecule has 1 amide bonds. The van der Waals surface area contributed by atoms with E-state index in [0.717, 1.165) is 36.0 Å². The molecule has 0 atom stereocenters. The number of carbonyl (C=O) groups excluding carboxylic acids is 1. The van der Waals surface area contributed by atoms with Gasteiger partial charge in [0.15, 0.2) is 0 Å². The fraction of sp³-hybridized carbons (Fsp3) is 0.286. The monoisotopic (exact) mass is 243 g/mol. The first kappa shape index (κ1) is 12.4. The fourth-order valence-electron chi connectivity index (χ4n) is 1.90. The molecule has 4 nitrogen and oxygen atoms in total. The van der Waals surface area contributed by atoms with Crippen LogP contribution in [-0.4, -0.2) is 17.4 Å². The molecule has 3 N–H and O–H groups in total. The number of benzene rings is 1. The largest absolute Gasteiger partial charge is 0.384 e. The summed E-state index contributed by atoms with van der Waals surface area (Å²) in [5.74, 6) is -0.232. The Balaban J connectivity index is 1.93. The highest BCUT2D eigenvalue weighted by atomic mass is 16.1. The van der Waals surface area contributed by atoms with E-state index in [-0.39, 0.29) is 5.91 Å². The van der Waals surface area contributed by atoms with Gasteiger partial charge in [-0.25, -0.2) is 0 Å². The average molecular weight is 243 g/mol. The summed E-state index contributed by atoms with van der Waals surface area (Å²) in [6.07, 6.45) is 4.01. The van der Waals surface area contributed by atoms with Crippen LogP contribution in [0.1, 0.15) is 19.3 Å². The van der Waals surface area contributed by atoms with Gasteiger partial charge in [-0.15, -0.1) is 0 Å². The van der Waals surface area contributed by atoms with E-state index in [0.29, 0.717) is 6.42 Å². The highest BCUT2D eigenvalue weighted by molar-refractivity contribution is 5.90. The summed E-state index contributed by atoms with van der Waals surface area (Å²) in [7, 11) is 0. The molecule has 1 aromatic heterocycles. The Morgan fingerprint density at radius 3 is 2.89 bits per heavy atom. The van der Waals surface area contributed by atoms with Gasteiger partial charge in [-0.2, -0.15) is 0 Å². The third-order valence-corrected chi connectivity index (χ3v) is 2.81. The van der Waals surface area contributed by atoms with Crippen LogP contribution >= 0.6 is 0 Å². The zero-order chi connectivity index (χ0) is 12.8. The minimum absolute atomic E-state index is 0.232. The summed E-state index contributed by atoms with van der Waals surface area (Å²) in [6, 6.07) is 9.99. The minimum atomic E-state index is -0.232. The van der Waals surface area contributed by atoms with Crippen molar-refractivity contribution in [1.82, 2.24) is 4.98 Å². The van der Waals surface area contributed by atoms with Crippen LogP contribution in [0.4, 0.5) is 5.69 Å². The van der Waals surface area contributed by atoms with Gasteiger partial charge in [0, 0.05) is 30.2 Å². The number of primary amides is 1. The van der Waals surface area contributed by atoms with Crippen molar-refractivity contribution in [2.75, 3.05) is 11.9 Å². The van der Waals surface area contributed by atoms with Gasteiger partial charge in [-0.3, -0.25) is 9.78 Å². The molecule has 2 rings (SSSR count).